The Kier molecular flexibility index (Phi) is 3.52. The SMILES string of the molecule is Cc1cc(F)cc(NC(=O)C(C)S)c1. The van der Waals surface area contributed by atoms with Gasteiger partial charge in [-0.2, -0.15) is 12.6 Å². The number of hydrogen-bond acceptors (Lipinski definition) is 2. The summed E-state index contributed by atoms with van der Waals surface area (Å²) >= 11 is 3.97. The molecule has 1 unspecified atom stereocenters. The minimum Gasteiger partial charge on any atom is -0.325 e. The first-order chi connectivity index (χ1) is 6.49. The van der Waals surface area contributed by atoms with Crippen molar-refractivity contribution in [2.24, 2.45) is 0 Å². The van der Waals surface area contributed by atoms with Gasteiger partial charge in [-0.1, -0.05) is 0 Å². The molecule has 1 aromatic rings. The number of carbonyl (C=O) groups excluding carboxylic acids is 1. The molecule has 0 bridgehead atoms. The van der Waals surface area contributed by atoms with E-state index >= 15 is 0 Å². The van der Waals surface area contributed by atoms with E-state index in [4.69, 9.17) is 0 Å². The summed E-state index contributed by atoms with van der Waals surface area (Å²) in [6.45, 7) is 3.42. The molecule has 1 rings (SSSR count). The van der Waals surface area contributed by atoms with Crippen LogP contribution >= 0.6 is 12.6 Å². The van der Waals surface area contributed by atoms with Crippen molar-refractivity contribution in [3.8, 4) is 0 Å². The van der Waals surface area contributed by atoms with Crippen molar-refractivity contribution in [2.75, 3.05) is 5.32 Å². The molecule has 14 heavy (non-hydrogen) atoms. The Morgan fingerprint density at radius 1 is 1.50 bits per heavy atom. The maximum atomic E-state index is 12.9. The molecule has 76 valence electrons. The van der Waals surface area contributed by atoms with Crippen LogP contribution in [0.25, 0.3) is 0 Å². The molecule has 1 amide bonds. The molecular weight excluding hydrogens is 201 g/mol. The largest absolute Gasteiger partial charge is 0.325 e. The summed E-state index contributed by atoms with van der Waals surface area (Å²) in [7, 11) is 0. The summed E-state index contributed by atoms with van der Waals surface area (Å²) in [6, 6.07) is 4.39. The van der Waals surface area contributed by atoms with Crippen LogP contribution in [0.4, 0.5) is 10.1 Å². The molecule has 0 aliphatic carbocycles. The molecule has 1 atom stereocenters. The zero-order chi connectivity index (χ0) is 10.7. The maximum Gasteiger partial charge on any atom is 0.236 e. The van der Waals surface area contributed by atoms with Crippen LogP contribution < -0.4 is 5.32 Å². The minimum atomic E-state index is -0.404. The summed E-state index contributed by atoms with van der Waals surface area (Å²) in [4.78, 5) is 11.2. The molecule has 0 saturated carbocycles. The van der Waals surface area contributed by atoms with Crippen LogP contribution in [0.2, 0.25) is 0 Å². The van der Waals surface area contributed by atoms with Gasteiger partial charge < -0.3 is 5.32 Å². The highest BCUT2D eigenvalue weighted by Gasteiger charge is 2.08. The molecule has 1 aromatic carbocycles. The highest BCUT2D eigenvalue weighted by Crippen LogP contribution is 2.13. The molecule has 0 spiro atoms. The minimum absolute atomic E-state index is 0.238. The Labute approximate surface area is 87.9 Å². The lowest BCUT2D eigenvalue weighted by Gasteiger charge is -2.07. The van der Waals surface area contributed by atoms with Gasteiger partial charge in [0.25, 0.3) is 0 Å². The van der Waals surface area contributed by atoms with Gasteiger partial charge >= 0.3 is 0 Å². The number of amides is 1. The normalized spacial score (nSPS) is 12.3. The quantitative estimate of drug-likeness (QED) is 0.726. The Morgan fingerprint density at radius 2 is 2.14 bits per heavy atom. The average Bonchev–Trinajstić information content (AvgIpc) is 2.01. The van der Waals surface area contributed by atoms with Crippen molar-refractivity contribution in [1.82, 2.24) is 0 Å². The Morgan fingerprint density at radius 3 is 2.64 bits per heavy atom. The number of hydrogen-bond donors (Lipinski definition) is 2. The van der Waals surface area contributed by atoms with E-state index in [-0.39, 0.29) is 11.7 Å². The number of benzene rings is 1. The van der Waals surface area contributed by atoms with Crippen LogP contribution in [0.15, 0.2) is 18.2 Å². The van der Waals surface area contributed by atoms with Crippen molar-refractivity contribution < 1.29 is 9.18 Å². The summed E-state index contributed by atoms with van der Waals surface area (Å²) in [5.41, 5.74) is 1.24. The third kappa shape index (κ3) is 3.03. The number of anilines is 1. The van der Waals surface area contributed by atoms with Crippen LogP contribution in [0, 0.1) is 12.7 Å². The first kappa shape index (κ1) is 11.0. The van der Waals surface area contributed by atoms with Gasteiger partial charge in [-0.25, -0.2) is 4.39 Å². The molecule has 0 aliphatic heterocycles. The van der Waals surface area contributed by atoms with E-state index in [9.17, 15) is 9.18 Å². The lowest BCUT2D eigenvalue weighted by atomic mass is 10.2. The first-order valence-corrected chi connectivity index (χ1v) is 4.77. The summed E-state index contributed by atoms with van der Waals surface area (Å²) in [5.74, 6) is -0.592. The van der Waals surface area contributed by atoms with Crippen molar-refractivity contribution in [1.29, 1.82) is 0 Å². The highest BCUT2D eigenvalue weighted by molar-refractivity contribution is 7.81. The summed E-state index contributed by atoms with van der Waals surface area (Å²) in [5, 5.41) is 2.16. The van der Waals surface area contributed by atoms with Crippen LogP contribution in [0.5, 0.6) is 0 Å². The molecule has 4 heteroatoms. The molecule has 0 aromatic heterocycles. The van der Waals surface area contributed by atoms with Crippen LogP contribution in [0.3, 0.4) is 0 Å². The van der Waals surface area contributed by atoms with E-state index in [0.717, 1.165) is 5.56 Å². The molecule has 0 radical (unpaired) electrons. The average molecular weight is 213 g/mol. The molecule has 0 heterocycles. The van der Waals surface area contributed by atoms with Crippen molar-refractivity contribution >= 4 is 24.2 Å². The van der Waals surface area contributed by atoms with Gasteiger partial charge in [-0.3, -0.25) is 4.79 Å². The van der Waals surface area contributed by atoms with E-state index in [1.807, 2.05) is 0 Å². The van der Waals surface area contributed by atoms with Crippen LogP contribution in [-0.2, 0) is 4.79 Å². The second-order valence-corrected chi connectivity index (χ2v) is 3.96. The van der Waals surface area contributed by atoms with Crippen LogP contribution in [0.1, 0.15) is 12.5 Å². The molecular formula is C10H12FNOS. The van der Waals surface area contributed by atoms with E-state index in [1.54, 1.807) is 19.9 Å². The van der Waals surface area contributed by atoms with Crippen molar-refractivity contribution in [3.63, 3.8) is 0 Å². The maximum absolute atomic E-state index is 12.9. The zero-order valence-electron chi connectivity index (χ0n) is 8.04. The first-order valence-electron chi connectivity index (χ1n) is 4.25. The third-order valence-electron chi connectivity index (χ3n) is 1.69. The van der Waals surface area contributed by atoms with Gasteiger partial charge in [-0.15, -0.1) is 0 Å². The number of nitrogens with one attached hydrogen (secondary N) is 1. The number of carbonyl (C=O) groups is 1. The van der Waals surface area contributed by atoms with Crippen LogP contribution in [-0.4, -0.2) is 11.2 Å². The predicted octanol–water partition coefficient (Wildman–Crippen LogP) is 2.39. The number of rotatable bonds is 2. The van der Waals surface area contributed by atoms with E-state index in [2.05, 4.69) is 17.9 Å². The van der Waals surface area contributed by atoms with Gasteiger partial charge in [0, 0.05) is 5.69 Å². The monoisotopic (exact) mass is 213 g/mol. The Hall–Kier alpha value is -1.03. The third-order valence-corrected chi connectivity index (χ3v) is 1.92. The smallest absolute Gasteiger partial charge is 0.236 e. The lowest BCUT2D eigenvalue weighted by molar-refractivity contribution is -0.115. The lowest BCUT2D eigenvalue weighted by Crippen LogP contribution is -2.20. The fraction of sp³-hybridized carbons (Fsp3) is 0.300. The van der Waals surface area contributed by atoms with E-state index in [1.165, 1.54) is 12.1 Å². The van der Waals surface area contributed by atoms with E-state index in [0.29, 0.717) is 5.69 Å². The number of thiol groups is 1. The predicted molar refractivity (Wildman–Crippen MR) is 58.2 cm³/mol. The zero-order valence-corrected chi connectivity index (χ0v) is 8.94. The fourth-order valence-corrected chi connectivity index (χ4v) is 1.12. The second kappa shape index (κ2) is 4.46. The fourth-order valence-electron chi connectivity index (χ4n) is 1.06. The van der Waals surface area contributed by atoms with Gasteiger partial charge in [0.15, 0.2) is 0 Å². The number of aryl methyl sites for hydroxylation is 1. The highest BCUT2D eigenvalue weighted by atomic mass is 32.1. The summed E-state index contributed by atoms with van der Waals surface area (Å²) in [6.07, 6.45) is 0. The molecule has 0 fully saturated rings. The van der Waals surface area contributed by atoms with Gasteiger partial charge in [0.05, 0.1) is 5.25 Å². The van der Waals surface area contributed by atoms with Gasteiger partial charge in [-0.05, 0) is 37.6 Å². The number of halogens is 1. The standard InChI is InChI=1S/C10H12FNOS/c1-6-3-8(11)5-9(4-6)12-10(13)7(2)14/h3-5,7,14H,1-2H3,(H,12,13). The Bertz CT molecular complexity index is 332. The Balaban J connectivity index is 2.82. The van der Waals surface area contributed by atoms with Gasteiger partial charge in [0.2, 0.25) is 5.91 Å². The van der Waals surface area contributed by atoms with Gasteiger partial charge in [0.1, 0.15) is 5.82 Å². The summed E-state index contributed by atoms with van der Waals surface area (Å²) < 4.78 is 12.9. The second-order valence-electron chi connectivity index (χ2n) is 3.18. The molecule has 0 aliphatic rings. The van der Waals surface area contributed by atoms with E-state index < -0.39 is 5.25 Å². The van der Waals surface area contributed by atoms with Crippen molar-refractivity contribution in [3.05, 3.63) is 29.6 Å². The molecule has 2 nitrogen and oxygen atoms in total. The topological polar surface area (TPSA) is 29.1 Å². The van der Waals surface area contributed by atoms with Crippen molar-refractivity contribution in [2.45, 2.75) is 19.1 Å². The molecule has 0 saturated heterocycles. The molecule has 1 N–H and O–H groups in total.